The number of ether oxygens (including phenoxy) is 2. The van der Waals surface area contributed by atoms with Crippen LogP contribution in [-0.2, 0) is 20.8 Å². The molecule has 9 nitrogen and oxygen atoms in total. The van der Waals surface area contributed by atoms with Gasteiger partial charge in [-0.05, 0) is 25.5 Å². The second-order valence-corrected chi connectivity index (χ2v) is 6.82. The van der Waals surface area contributed by atoms with E-state index in [4.69, 9.17) is 9.47 Å². The average molecular weight is 436 g/mol. The number of esters is 2. The molecule has 3 aromatic rings. The van der Waals surface area contributed by atoms with E-state index in [1.807, 2.05) is 13.0 Å². The first-order chi connectivity index (χ1) is 15.5. The molecule has 9 heteroatoms. The SMILES string of the molecule is CCC(=O)OCOC(=O)c1c(-c2ccccc2)nn(CC)c(=O)c1Nc1cnccc1C. The van der Waals surface area contributed by atoms with Crippen LogP contribution in [0, 0.1) is 6.92 Å². The van der Waals surface area contributed by atoms with Crippen molar-refractivity contribution in [1.82, 2.24) is 14.8 Å². The largest absolute Gasteiger partial charge is 0.428 e. The van der Waals surface area contributed by atoms with Crippen LogP contribution in [0.2, 0.25) is 0 Å². The van der Waals surface area contributed by atoms with Gasteiger partial charge in [0, 0.05) is 24.7 Å². The quantitative estimate of drug-likeness (QED) is 0.422. The van der Waals surface area contributed by atoms with Gasteiger partial charge in [-0.3, -0.25) is 14.6 Å². The van der Waals surface area contributed by atoms with Crippen LogP contribution in [0.15, 0.2) is 53.6 Å². The molecule has 1 aromatic carbocycles. The third kappa shape index (κ3) is 5.00. The summed E-state index contributed by atoms with van der Waals surface area (Å²) in [5, 5.41) is 7.45. The van der Waals surface area contributed by atoms with Gasteiger partial charge in [-0.2, -0.15) is 5.10 Å². The van der Waals surface area contributed by atoms with Crippen LogP contribution in [-0.4, -0.2) is 33.5 Å². The summed E-state index contributed by atoms with van der Waals surface area (Å²) in [6.07, 6.45) is 3.34. The highest BCUT2D eigenvalue weighted by Gasteiger charge is 2.26. The molecule has 2 aromatic heterocycles. The lowest BCUT2D eigenvalue weighted by atomic mass is 10.0. The van der Waals surface area contributed by atoms with Crippen molar-refractivity contribution in [3.05, 3.63) is 70.3 Å². The number of anilines is 2. The second-order valence-electron chi connectivity index (χ2n) is 6.82. The number of benzene rings is 1. The molecule has 0 spiro atoms. The Hall–Kier alpha value is -4.01. The Labute approximate surface area is 185 Å². The van der Waals surface area contributed by atoms with Gasteiger partial charge in [0.25, 0.3) is 5.56 Å². The second kappa shape index (κ2) is 10.3. The Morgan fingerprint density at radius 1 is 1.09 bits per heavy atom. The highest BCUT2D eigenvalue weighted by atomic mass is 16.7. The van der Waals surface area contributed by atoms with E-state index in [1.54, 1.807) is 56.6 Å². The first-order valence-electron chi connectivity index (χ1n) is 10.2. The lowest BCUT2D eigenvalue weighted by Crippen LogP contribution is -2.29. The standard InChI is InChI=1S/C23H24N4O5/c1-4-18(28)31-14-32-23(30)19-20(16-9-7-6-8-10-16)26-27(5-2)22(29)21(19)25-17-13-24-12-11-15(17)3/h6-13,25H,4-5,14H2,1-3H3. The molecule has 2 heterocycles. The van der Waals surface area contributed by atoms with Crippen molar-refractivity contribution >= 4 is 23.3 Å². The van der Waals surface area contributed by atoms with Crippen LogP contribution in [0.3, 0.4) is 0 Å². The lowest BCUT2D eigenvalue weighted by molar-refractivity contribution is -0.151. The normalized spacial score (nSPS) is 10.5. The van der Waals surface area contributed by atoms with Gasteiger partial charge in [0.1, 0.15) is 16.9 Å². The number of aryl methyl sites for hydroxylation is 2. The fraction of sp³-hybridized carbons (Fsp3) is 0.261. The first-order valence-corrected chi connectivity index (χ1v) is 10.2. The summed E-state index contributed by atoms with van der Waals surface area (Å²) in [5.74, 6) is -1.35. The van der Waals surface area contributed by atoms with E-state index in [1.165, 1.54) is 4.68 Å². The molecule has 166 valence electrons. The molecule has 0 bridgehead atoms. The zero-order valence-corrected chi connectivity index (χ0v) is 18.1. The molecule has 3 rings (SSSR count). The van der Waals surface area contributed by atoms with E-state index in [0.29, 0.717) is 17.8 Å². The minimum atomic E-state index is -0.843. The fourth-order valence-corrected chi connectivity index (χ4v) is 2.95. The number of hydrogen-bond donors (Lipinski definition) is 1. The zero-order chi connectivity index (χ0) is 23.1. The summed E-state index contributed by atoms with van der Waals surface area (Å²) in [4.78, 5) is 41.8. The van der Waals surface area contributed by atoms with E-state index in [0.717, 1.165) is 5.56 Å². The van der Waals surface area contributed by atoms with E-state index < -0.39 is 24.3 Å². The van der Waals surface area contributed by atoms with Gasteiger partial charge >= 0.3 is 11.9 Å². The van der Waals surface area contributed by atoms with Crippen molar-refractivity contribution in [2.75, 3.05) is 12.1 Å². The molecule has 0 unspecified atom stereocenters. The van der Waals surface area contributed by atoms with Crippen molar-refractivity contribution in [1.29, 1.82) is 0 Å². The molecule has 0 aliphatic carbocycles. The van der Waals surface area contributed by atoms with Gasteiger partial charge in [-0.1, -0.05) is 37.3 Å². The Balaban J connectivity index is 2.16. The first kappa shape index (κ1) is 22.7. The van der Waals surface area contributed by atoms with Crippen molar-refractivity contribution in [3.63, 3.8) is 0 Å². The van der Waals surface area contributed by atoms with Crippen LogP contribution < -0.4 is 10.9 Å². The van der Waals surface area contributed by atoms with Gasteiger partial charge in [0.2, 0.25) is 6.79 Å². The molecule has 0 saturated carbocycles. The zero-order valence-electron chi connectivity index (χ0n) is 18.1. The monoisotopic (exact) mass is 436 g/mol. The van der Waals surface area contributed by atoms with Crippen molar-refractivity contribution < 1.29 is 19.1 Å². The van der Waals surface area contributed by atoms with Crippen LogP contribution in [0.4, 0.5) is 11.4 Å². The molecule has 0 fully saturated rings. The Morgan fingerprint density at radius 3 is 2.50 bits per heavy atom. The van der Waals surface area contributed by atoms with Crippen LogP contribution >= 0.6 is 0 Å². The third-order valence-electron chi connectivity index (χ3n) is 4.70. The highest BCUT2D eigenvalue weighted by molar-refractivity contribution is 6.02. The number of carbonyl (C=O) groups is 2. The number of nitrogens with one attached hydrogen (secondary N) is 1. The summed E-state index contributed by atoms with van der Waals surface area (Å²) in [5.41, 5.74) is 1.74. The van der Waals surface area contributed by atoms with Crippen molar-refractivity contribution in [2.24, 2.45) is 0 Å². The fourth-order valence-electron chi connectivity index (χ4n) is 2.95. The van der Waals surface area contributed by atoms with Crippen molar-refractivity contribution in [2.45, 2.75) is 33.7 Å². The number of rotatable bonds is 8. The van der Waals surface area contributed by atoms with Gasteiger partial charge in [0.15, 0.2) is 0 Å². The maximum absolute atomic E-state index is 13.2. The third-order valence-corrected chi connectivity index (χ3v) is 4.70. The molecule has 32 heavy (non-hydrogen) atoms. The molecule has 0 aliphatic heterocycles. The van der Waals surface area contributed by atoms with E-state index in [-0.39, 0.29) is 23.4 Å². The Kier molecular flexibility index (Phi) is 7.33. The highest BCUT2D eigenvalue weighted by Crippen LogP contribution is 2.28. The molecular formula is C23H24N4O5. The summed E-state index contributed by atoms with van der Waals surface area (Å²) in [6, 6.07) is 10.8. The molecular weight excluding hydrogens is 412 g/mol. The number of hydrogen-bond acceptors (Lipinski definition) is 8. The average Bonchev–Trinajstić information content (AvgIpc) is 2.81. The minimum absolute atomic E-state index is 0.00335. The molecule has 1 N–H and O–H groups in total. The lowest BCUT2D eigenvalue weighted by Gasteiger charge is -2.17. The molecule has 0 amide bonds. The summed E-state index contributed by atoms with van der Waals surface area (Å²) < 4.78 is 11.3. The Bertz CT molecular complexity index is 1170. The number of carbonyl (C=O) groups excluding carboxylic acids is 2. The summed E-state index contributed by atoms with van der Waals surface area (Å²) in [6.45, 7) is 4.99. The summed E-state index contributed by atoms with van der Waals surface area (Å²) in [7, 11) is 0. The van der Waals surface area contributed by atoms with Gasteiger partial charge in [0.05, 0.1) is 11.9 Å². The number of nitrogens with zero attached hydrogens (tertiary/aromatic N) is 3. The molecule has 0 atom stereocenters. The maximum Gasteiger partial charge on any atom is 0.345 e. The van der Waals surface area contributed by atoms with E-state index >= 15 is 0 Å². The molecule has 0 saturated heterocycles. The van der Waals surface area contributed by atoms with Crippen LogP contribution in [0.25, 0.3) is 11.3 Å². The van der Waals surface area contributed by atoms with Crippen LogP contribution in [0.5, 0.6) is 0 Å². The van der Waals surface area contributed by atoms with Crippen molar-refractivity contribution in [3.8, 4) is 11.3 Å². The predicted octanol–water partition coefficient (Wildman–Crippen LogP) is 3.44. The predicted molar refractivity (Wildman–Crippen MR) is 119 cm³/mol. The Morgan fingerprint density at radius 2 is 1.84 bits per heavy atom. The van der Waals surface area contributed by atoms with E-state index in [9.17, 15) is 14.4 Å². The molecule has 0 radical (unpaired) electrons. The van der Waals surface area contributed by atoms with Gasteiger partial charge in [-0.15, -0.1) is 0 Å². The molecule has 0 aliphatic rings. The maximum atomic E-state index is 13.2. The van der Waals surface area contributed by atoms with Gasteiger partial charge in [-0.25, -0.2) is 9.48 Å². The topological polar surface area (TPSA) is 112 Å². The van der Waals surface area contributed by atoms with E-state index in [2.05, 4.69) is 15.4 Å². The number of aromatic nitrogens is 3. The smallest absolute Gasteiger partial charge is 0.345 e. The number of pyridine rings is 1. The minimum Gasteiger partial charge on any atom is -0.428 e. The summed E-state index contributed by atoms with van der Waals surface area (Å²) >= 11 is 0. The van der Waals surface area contributed by atoms with Crippen LogP contribution in [0.1, 0.15) is 36.2 Å². The van der Waals surface area contributed by atoms with Gasteiger partial charge < -0.3 is 14.8 Å².